The average molecular weight is 294 g/mol. The summed E-state index contributed by atoms with van der Waals surface area (Å²) in [5, 5.41) is 15.2. The lowest BCUT2D eigenvalue weighted by Gasteiger charge is -2.11. The van der Waals surface area contributed by atoms with E-state index in [4.69, 9.17) is 5.14 Å². The third kappa shape index (κ3) is 3.89. The lowest BCUT2D eigenvalue weighted by atomic mass is 10.1. The number of aromatic nitrogens is 2. The van der Waals surface area contributed by atoms with Crippen LogP contribution in [0.25, 0.3) is 0 Å². The molecular weight excluding hydrogens is 276 g/mol. The van der Waals surface area contributed by atoms with Gasteiger partial charge in [-0.25, -0.2) is 13.6 Å². The van der Waals surface area contributed by atoms with Crippen LogP contribution >= 0.6 is 0 Å². The molecule has 0 saturated carbocycles. The number of rotatable bonds is 6. The van der Waals surface area contributed by atoms with Gasteiger partial charge in [-0.2, -0.15) is 5.10 Å². The molecule has 2 rings (SSSR count). The van der Waals surface area contributed by atoms with Crippen LogP contribution in [0.3, 0.4) is 0 Å². The molecule has 0 radical (unpaired) electrons. The van der Waals surface area contributed by atoms with E-state index in [-0.39, 0.29) is 10.9 Å². The highest BCUT2D eigenvalue weighted by atomic mass is 32.2. The van der Waals surface area contributed by atoms with Gasteiger partial charge in [-0.1, -0.05) is 12.1 Å². The van der Waals surface area contributed by atoms with Gasteiger partial charge in [0.2, 0.25) is 10.0 Å². The van der Waals surface area contributed by atoms with Crippen molar-refractivity contribution in [3.63, 3.8) is 0 Å². The molecular formula is C13H18N4O2S. The van der Waals surface area contributed by atoms with Crippen molar-refractivity contribution in [3.8, 4) is 0 Å². The molecule has 1 aromatic carbocycles. The van der Waals surface area contributed by atoms with Crippen molar-refractivity contribution in [1.29, 1.82) is 0 Å². The van der Waals surface area contributed by atoms with E-state index in [9.17, 15) is 8.42 Å². The first-order valence-corrected chi connectivity index (χ1v) is 7.86. The Balaban J connectivity index is 1.86. The molecule has 1 unspecified atom stereocenters. The standard InChI is InChI=1S/C13H18N4O2S/c1-10(13-7-9-16-17-13)15-8-6-11-2-4-12(5-3-11)20(14,18)19/h2-5,7,9-10,15H,6,8H2,1H3,(H,16,17)(H2,14,18,19). The molecule has 20 heavy (non-hydrogen) atoms. The number of hydrogen-bond acceptors (Lipinski definition) is 4. The lowest BCUT2D eigenvalue weighted by Crippen LogP contribution is -2.21. The van der Waals surface area contributed by atoms with Gasteiger partial charge < -0.3 is 5.32 Å². The number of hydrogen-bond donors (Lipinski definition) is 3. The van der Waals surface area contributed by atoms with Crippen molar-refractivity contribution < 1.29 is 8.42 Å². The number of sulfonamides is 1. The predicted octanol–water partition coefficient (Wildman–Crippen LogP) is 0.950. The van der Waals surface area contributed by atoms with Gasteiger partial charge in [0.05, 0.1) is 10.6 Å². The summed E-state index contributed by atoms with van der Waals surface area (Å²) in [6.45, 7) is 2.84. The Labute approximate surface area is 118 Å². The number of nitrogens with one attached hydrogen (secondary N) is 2. The highest BCUT2D eigenvalue weighted by molar-refractivity contribution is 7.89. The van der Waals surface area contributed by atoms with Gasteiger partial charge in [-0.15, -0.1) is 0 Å². The zero-order valence-electron chi connectivity index (χ0n) is 11.2. The van der Waals surface area contributed by atoms with E-state index in [1.807, 2.05) is 6.07 Å². The van der Waals surface area contributed by atoms with Crippen molar-refractivity contribution in [2.75, 3.05) is 6.54 Å². The second-order valence-electron chi connectivity index (χ2n) is 4.63. The Kier molecular flexibility index (Phi) is 4.53. The number of benzene rings is 1. The van der Waals surface area contributed by atoms with Crippen molar-refractivity contribution in [3.05, 3.63) is 47.8 Å². The minimum Gasteiger partial charge on any atom is -0.309 e. The first-order chi connectivity index (χ1) is 9.47. The topological polar surface area (TPSA) is 101 Å². The van der Waals surface area contributed by atoms with Crippen LogP contribution in [0.1, 0.15) is 24.2 Å². The number of H-pyrrole nitrogens is 1. The highest BCUT2D eigenvalue weighted by Gasteiger charge is 2.07. The molecule has 4 N–H and O–H groups in total. The van der Waals surface area contributed by atoms with Gasteiger partial charge in [0.1, 0.15) is 0 Å². The second-order valence-corrected chi connectivity index (χ2v) is 6.19. The van der Waals surface area contributed by atoms with Crippen LogP contribution in [0.4, 0.5) is 0 Å². The molecule has 0 bridgehead atoms. The lowest BCUT2D eigenvalue weighted by molar-refractivity contribution is 0.563. The minimum atomic E-state index is -3.61. The first-order valence-electron chi connectivity index (χ1n) is 6.31. The maximum Gasteiger partial charge on any atom is 0.238 e. The van der Waals surface area contributed by atoms with Gasteiger partial charge in [0, 0.05) is 12.2 Å². The molecule has 0 aliphatic carbocycles. The fourth-order valence-corrected chi connectivity index (χ4v) is 2.41. The van der Waals surface area contributed by atoms with Crippen molar-refractivity contribution >= 4 is 10.0 Å². The fourth-order valence-electron chi connectivity index (χ4n) is 1.90. The third-order valence-electron chi connectivity index (χ3n) is 3.10. The molecule has 7 heteroatoms. The van der Waals surface area contributed by atoms with Crippen LogP contribution in [0.5, 0.6) is 0 Å². The monoisotopic (exact) mass is 294 g/mol. The molecule has 1 heterocycles. The molecule has 6 nitrogen and oxygen atoms in total. The van der Waals surface area contributed by atoms with Crippen LogP contribution in [0.2, 0.25) is 0 Å². The Morgan fingerprint density at radius 1 is 1.30 bits per heavy atom. The van der Waals surface area contributed by atoms with Crippen molar-refractivity contribution in [1.82, 2.24) is 15.5 Å². The van der Waals surface area contributed by atoms with E-state index in [1.54, 1.807) is 18.3 Å². The molecule has 0 fully saturated rings. The Morgan fingerprint density at radius 3 is 2.55 bits per heavy atom. The van der Waals surface area contributed by atoms with Crippen LogP contribution in [-0.4, -0.2) is 25.2 Å². The summed E-state index contributed by atoms with van der Waals surface area (Å²) in [6.07, 6.45) is 2.53. The molecule has 0 saturated heterocycles. The summed E-state index contributed by atoms with van der Waals surface area (Å²) in [4.78, 5) is 0.139. The van der Waals surface area contributed by atoms with Gasteiger partial charge in [0.25, 0.3) is 0 Å². The number of primary sulfonamides is 1. The molecule has 0 spiro atoms. The Morgan fingerprint density at radius 2 is 2.00 bits per heavy atom. The first kappa shape index (κ1) is 14.7. The Bertz CT molecular complexity index is 636. The number of nitrogens with zero attached hydrogens (tertiary/aromatic N) is 1. The van der Waals surface area contributed by atoms with Crippen LogP contribution < -0.4 is 10.5 Å². The van der Waals surface area contributed by atoms with Gasteiger partial charge in [0.15, 0.2) is 0 Å². The molecule has 2 aromatic rings. The summed E-state index contributed by atoms with van der Waals surface area (Å²) < 4.78 is 22.3. The van der Waals surface area contributed by atoms with Crippen LogP contribution in [0.15, 0.2) is 41.4 Å². The van der Waals surface area contributed by atoms with E-state index >= 15 is 0 Å². The number of nitrogens with two attached hydrogens (primary N) is 1. The normalized spacial score (nSPS) is 13.3. The van der Waals surface area contributed by atoms with E-state index in [1.165, 1.54) is 12.1 Å². The van der Waals surface area contributed by atoms with Crippen molar-refractivity contribution in [2.45, 2.75) is 24.3 Å². The molecule has 1 atom stereocenters. The zero-order chi connectivity index (χ0) is 14.6. The fraction of sp³-hybridized carbons (Fsp3) is 0.308. The molecule has 1 aromatic heterocycles. The summed E-state index contributed by atoms with van der Waals surface area (Å²) in [5.74, 6) is 0. The largest absolute Gasteiger partial charge is 0.309 e. The van der Waals surface area contributed by atoms with Gasteiger partial charge in [-0.05, 0) is 43.7 Å². The van der Waals surface area contributed by atoms with E-state index < -0.39 is 10.0 Å². The molecule has 0 amide bonds. The molecule has 0 aliphatic heterocycles. The van der Waals surface area contributed by atoms with E-state index in [0.29, 0.717) is 0 Å². The van der Waals surface area contributed by atoms with E-state index in [2.05, 4.69) is 22.4 Å². The molecule has 0 aliphatic rings. The van der Waals surface area contributed by atoms with E-state index in [0.717, 1.165) is 24.2 Å². The van der Waals surface area contributed by atoms with Crippen molar-refractivity contribution in [2.24, 2.45) is 5.14 Å². The van der Waals surface area contributed by atoms with Gasteiger partial charge in [-0.3, -0.25) is 5.10 Å². The van der Waals surface area contributed by atoms with Crippen LogP contribution in [0, 0.1) is 0 Å². The van der Waals surface area contributed by atoms with Gasteiger partial charge >= 0.3 is 0 Å². The minimum absolute atomic E-state index is 0.139. The quantitative estimate of drug-likeness (QED) is 0.738. The highest BCUT2D eigenvalue weighted by Crippen LogP contribution is 2.10. The summed E-state index contributed by atoms with van der Waals surface area (Å²) in [7, 11) is -3.61. The zero-order valence-corrected chi connectivity index (χ0v) is 12.0. The summed E-state index contributed by atoms with van der Waals surface area (Å²) in [6, 6.07) is 8.75. The molecule has 108 valence electrons. The van der Waals surface area contributed by atoms with Crippen LogP contribution in [-0.2, 0) is 16.4 Å². The SMILES string of the molecule is CC(NCCc1ccc(S(N)(=O)=O)cc1)c1ccn[nH]1. The summed E-state index contributed by atoms with van der Waals surface area (Å²) in [5.41, 5.74) is 2.09. The second kappa shape index (κ2) is 6.17. The Hall–Kier alpha value is -1.70. The maximum atomic E-state index is 11.1. The predicted molar refractivity (Wildman–Crippen MR) is 76.5 cm³/mol. The summed E-state index contributed by atoms with van der Waals surface area (Å²) >= 11 is 0. The number of aromatic amines is 1. The maximum absolute atomic E-state index is 11.1. The third-order valence-corrected chi connectivity index (χ3v) is 4.03. The average Bonchev–Trinajstić information content (AvgIpc) is 2.92. The smallest absolute Gasteiger partial charge is 0.238 e.